The maximum absolute atomic E-state index is 11.7. The molecule has 112 valence electrons. The lowest BCUT2D eigenvalue weighted by Crippen LogP contribution is -2.29. The van der Waals surface area contributed by atoms with Gasteiger partial charge in [0.25, 0.3) is 5.91 Å². The average Bonchev–Trinajstić information content (AvgIpc) is 2.53. The smallest absolute Gasteiger partial charge is 0.310 e. The highest BCUT2D eigenvalue weighted by atomic mass is 16.5. The van der Waals surface area contributed by atoms with Gasteiger partial charge in [-0.2, -0.15) is 5.26 Å². The molecule has 22 heavy (non-hydrogen) atoms. The molecule has 0 spiro atoms. The minimum atomic E-state index is -0.453. The van der Waals surface area contributed by atoms with Crippen molar-refractivity contribution in [2.45, 2.75) is 12.8 Å². The molecule has 0 aliphatic rings. The second-order valence-electron chi connectivity index (χ2n) is 4.78. The predicted octanol–water partition coefficient (Wildman–Crippen LogP) is 1.96. The SMILES string of the molecule is N#CCCNC(=O)COC(=O)Cc1ccc2ccccc2c1. The zero-order valence-electron chi connectivity index (χ0n) is 12.0. The van der Waals surface area contributed by atoms with Crippen LogP contribution in [0.15, 0.2) is 42.5 Å². The quantitative estimate of drug-likeness (QED) is 0.653. The zero-order valence-corrected chi connectivity index (χ0v) is 12.0. The van der Waals surface area contributed by atoms with Crippen molar-refractivity contribution in [3.05, 3.63) is 48.0 Å². The number of carbonyl (C=O) groups excluding carboxylic acids is 2. The van der Waals surface area contributed by atoms with E-state index in [0.29, 0.717) is 0 Å². The molecule has 1 amide bonds. The molecule has 2 aromatic carbocycles. The van der Waals surface area contributed by atoms with Crippen LogP contribution in [-0.4, -0.2) is 25.0 Å². The summed E-state index contributed by atoms with van der Waals surface area (Å²) in [5.41, 5.74) is 0.841. The highest BCUT2D eigenvalue weighted by molar-refractivity contribution is 5.85. The number of nitrogens with zero attached hydrogens (tertiary/aromatic N) is 1. The lowest BCUT2D eigenvalue weighted by molar-refractivity contribution is -0.147. The predicted molar refractivity (Wildman–Crippen MR) is 81.9 cm³/mol. The van der Waals surface area contributed by atoms with Crippen LogP contribution in [0.3, 0.4) is 0 Å². The summed E-state index contributed by atoms with van der Waals surface area (Å²) in [5.74, 6) is -0.854. The Morgan fingerprint density at radius 2 is 1.91 bits per heavy atom. The molecular weight excluding hydrogens is 280 g/mol. The molecule has 1 N–H and O–H groups in total. The first-order valence-electron chi connectivity index (χ1n) is 6.96. The van der Waals surface area contributed by atoms with Crippen molar-refractivity contribution in [1.29, 1.82) is 5.26 Å². The number of hydrogen-bond donors (Lipinski definition) is 1. The molecule has 0 aliphatic carbocycles. The van der Waals surface area contributed by atoms with Crippen molar-refractivity contribution in [3.63, 3.8) is 0 Å². The van der Waals surface area contributed by atoms with Gasteiger partial charge < -0.3 is 10.1 Å². The summed E-state index contributed by atoms with van der Waals surface area (Å²) in [6.45, 7) is -0.0601. The lowest BCUT2D eigenvalue weighted by atomic mass is 10.1. The molecule has 0 radical (unpaired) electrons. The van der Waals surface area contributed by atoms with E-state index in [1.807, 2.05) is 48.5 Å². The van der Waals surface area contributed by atoms with E-state index >= 15 is 0 Å². The lowest BCUT2D eigenvalue weighted by Gasteiger charge is -2.06. The van der Waals surface area contributed by atoms with E-state index in [-0.39, 0.29) is 26.0 Å². The van der Waals surface area contributed by atoms with E-state index in [9.17, 15) is 9.59 Å². The second-order valence-corrected chi connectivity index (χ2v) is 4.78. The van der Waals surface area contributed by atoms with Gasteiger partial charge in [0.05, 0.1) is 18.9 Å². The second kappa shape index (κ2) is 7.79. The summed E-state index contributed by atoms with van der Waals surface area (Å²) >= 11 is 0. The van der Waals surface area contributed by atoms with Gasteiger partial charge >= 0.3 is 5.97 Å². The third-order valence-electron chi connectivity index (χ3n) is 3.09. The number of fused-ring (bicyclic) bond motifs is 1. The number of nitriles is 1. The largest absolute Gasteiger partial charge is 0.455 e. The van der Waals surface area contributed by atoms with Crippen LogP contribution in [0, 0.1) is 11.3 Å². The van der Waals surface area contributed by atoms with E-state index in [1.165, 1.54) is 0 Å². The molecule has 0 saturated heterocycles. The van der Waals surface area contributed by atoms with Crippen molar-refractivity contribution in [2.75, 3.05) is 13.2 Å². The summed E-state index contributed by atoms with van der Waals surface area (Å²) in [5, 5.41) is 13.0. The first kappa shape index (κ1) is 15.5. The van der Waals surface area contributed by atoms with Gasteiger partial charge in [0.15, 0.2) is 6.61 Å². The van der Waals surface area contributed by atoms with Crippen LogP contribution in [0.5, 0.6) is 0 Å². The Morgan fingerprint density at radius 3 is 2.68 bits per heavy atom. The summed E-state index contributed by atoms with van der Waals surface area (Å²) in [6.07, 6.45) is 0.354. The number of benzene rings is 2. The van der Waals surface area contributed by atoms with Crippen molar-refractivity contribution >= 4 is 22.6 Å². The van der Waals surface area contributed by atoms with E-state index in [4.69, 9.17) is 10.00 Å². The van der Waals surface area contributed by atoms with E-state index < -0.39 is 11.9 Å². The Balaban J connectivity index is 1.83. The molecule has 0 saturated carbocycles. The van der Waals surface area contributed by atoms with E-state index in [0.717, 1.165) is 16.3 Å². The maximum Gasteiger partial charge on any atom is 0.310 e. The number of hydrogen-bond acceptors (Lipinski definition) is 4. The van der Waals surface area contributed by atoms with Gasteiger partial charge in [-0.15, -0.1) is 0 Å². The monoisotopic (exact) mass is 296 g/mol. The van der Waals surface area contributed by atoms with Gasteiger partial charge in [0, 0.05) is 6.54 Å². The first-order valence-corrected chi connectivity index (χ1v) is 6.96. The number of ether oxygens (including phenoxy) is 1. The third-order valence-corrected chi connectivity index (χ3v) is 3.09. The van der Waals surface area contributed by atoms with Crippen molar-refractivity contribution in [1.82, 2.24) is 5.32 Å². The van der Waals surface area contributed by atoms with Crippen LogP contribution < -0.4 is 5.32 Å². The van der Waals surface area contributed by atoms with Crippen molar-refractivity contribution in [2.24, 2.45) is 0 Å². The Labute approximate surface area is 128 Å². The van der Waals surface area contributed by atoms with E-state index in [2.05, 4.69) is 5.32 Å². The first-order chi connectivity index (χ1) is 10.7. The molecule has 5 heteroatoms. The molecule has 0 unspecified atom stereocenters. The fourth-order valence-electron chi connectivity index (χ4n) is 2.02. The minimum Gasteiger partial charge on any atom is -0.455 e. The highest BCUT2D eigenvalue weighted by Gasteiger charge is 2.08. The molecule has 0 bridgehead atoms. The number of esters is 1. The molecule has 0 atom stereocenters. The highest BCUT2D eigenvalue weighted by Crippen LogP contribution is 2.16. The van der Waals surface area contributed by atoms with Gasteiger partial charge in [0.1, 0.15) is 0 Å². The average molecular weight is 296 g/mol. The van der Waals surface area contributed by atoms with Gasteiger partial charge in [-0.3, -0.25) is 9.59 Å². The Hall–Kier alpha value is -2.87. The van der Waals surface area contributed by atoms with Crippen LogP contribution in [0.1, 0.15) is 12.0 Å². The molecule has 2 aromatic rings. The Bertz CT molecular complexity index is 719. The molecule has 0 heterocycles. The molecule has 0 aromatic heterocycles. The Morgan fingerprint density at radius 1 is 1.14 bits per heavy atom. The minimum absolute atomic E-state index is 0.121. The molecular formula is C17H16N2O3. The van der Waals surface area contributed by atoms with Crippen LogP contribution >= 0.6 is 0 Å². The van der Waals surface area contributed by atoms with Crippen LogP contribution in [0.25, 0.3) is 10.8 Å². The molecule has 5 nitrogen and oxygen atoms in total. The maximum atomic E-state index is 11.7. The normalized spacial score (nSPS) is 9.95. The fourth-order valence-corrected chi connectivity index (χ4v) is 2.02. The molecule has 0 aliphatic heterocycles. The van der Waals surface area contributed by atoms with Crippen molar-refractivity contribution < 1.29 is 14.3 Å². The van der Waals surface area contributed by atoms with E-state index in [1.54, 1.807) is 0 Å². The summed E-state index contributed by atoms with van der Waals surface area (Å²) in [4.78, 5) is 23.1. The molecule has 0 fully saturated rings. The Kier molecular flexibility index (Phi) is 5.50. The standard InChI is InChI=1S/C17H16N2O3/c18-8-3-9-19-16(20)12-22-17(21)11-13-6-7-14-4-1-2-5-15(14)10-13/h1-2,4-7,10H,3,9,11-12H2,(H,19,20). The van der Waals surface area contributed by atoms with Crippen LogP contribution in [-0.2, 0) is 20.7 Å². The number of amides is 1. The summed E-state index contributed by atoms with van der Waals surface area (Å²) in [7, 11) is 0. The molecule has 2 rings (SSSR count). The van der Waals surface area contributed by atoms with Gasteiger partial charge in [-0.25, -0.2) is 0 Å². The number of rotatable bonds is 6. The number of carbonyl (C=O) groups is 2. The zero-order chi connectivity index (χ0) is 15.8. The number of nitrogens with one attached hydrogen (secondary N) is 1. The van der Waals surface area contributed by atoms with Gasteiger partial charge in [-0.05, 0) is 16.3 Å². The third kappa shape index (κ3) is 4.60. The van der Waals surface area contributed by atoms with Crippen molar-refractivity contribution in [3.8, 4) is 6.07 Å². The summed E-state index contributed by atoms with van der Waals surface area (Å²) < 4.78 is 4.92. The fraction of sp³-hybridized carbons (Fsp3) is 0.235. The van der Waals surface area contributed by atoms with Gasteiger partial charge in [0.2, 0.25) is 0 Å². The van der Waals surface area contributed by atoms with Gasteiger partial charge in [-0.1, -0.05) is 42.5 Å². The van der Waals surface area contributed by atoms with Crippen LogP contribution in [0.4, 0.5) is 0 Å². The van der Waals surface area contributed by atoms with Crippen LogP contribution in [0.2, 0.25) is 0 Å². The topological polar surface area (TPSA) is 79.2 Å². The summed E-state index contributed by atoms with van der Waals surface area (Å²) in [6, 6.07) is 15.6.